The number of methoxy groups -OCH3 is 1. The number of carbonyl (C=O) groups excluding carboxylic acids is 2. The van der Waals surface area contributed by atoms with E-state index < -0.39 is 11.7 Å². The number of nitrogens with one attached hydrogen (secondary N) is 1. The van der Waals surface area contributed by atoms with E-state index in [1.807, 2.05) is 27.7 Å². The monoisotopic (exact) mass is 271 g/mol. The van der Waals surface area contributed by atoms with Crippen LogP contribution in [0.5, 0.6) is 0 Å². The van der Waals surface area contributed by atoms with Crippen LogP contribution in [0.15, 0.2) is 0 Å². The summed E-state index contributed by atoms with van der Waals surface area (Å²) in [5.74, 6) is -0.268. The van der Waals surface area contributed by atoms with Crippen molar-refractivity contribution in [3.8, 4) is 0 Å². The third kappa shape index (κ3) is 4.73. The van der Waals surface area contributed by atoms with Gasteiger partial charge in [0.2, 0.25) is 0 Å². The van der Waals surface area contributed by atoms with Gasteiger partial charge in [0.1, 0.15) is 5.60 Å². The third-order valence-electron chi connectivity index (χ3n) is 3.51. The Balaban J connectivity index is 2.58. The summed E-state index contributed by atoms with van der Waals surface area (Å²) < 4.78 is 10.1. The standard InChI is InChI=1S/C14H25NO4/c1-9-10(12(16)18-5)7-6-8-11(9)15-13(17)19-14(2,3)4/h9-11H,6-8H2,1-5H3,(H,15,17)/t9-,10-,11+/m0/s1. The molecule has 19 heavy (non-hydrogen) atoms. The topological polar surface area (TPSA) is 64.6 Å². The highest BCUT2D eigenvalue weighted by atomic mass is 16.6. The molecule has 0 bridgehead atoms. The van der Waals surface area contributed by atoms with Gasteiger partial charge >= 0.3 is 12.1 Å². The van der Waals surface area contributed by atoms with Crippen molar-refractivity contribution in [1.82, 2.24) is 5.32 Å². The molecule has 1 saturated carbocycles. The number of hydrogen-bond acceptors (Lipinski definition) is 4. The highest BCUT2D eigenvalue weighted by Crippen LogP contribution is 2.31. The number of alkyl carbamates (subject to hydrolysis) is 1. The number of amides is 1. The number of hydrogen-bond donors (Lipinski definition) is 1. The second-order valence-corrected chi connectivity index (χ2v) is 6.17. The van der Waals surface area contributed by atoms with Crippen LogP contribution in [0.1, 0.15) is 47.0 Å². The van der Waals surface area contributed by atoms with Crippen molar-refractivity contribution in [3.63, 3.8) is 0 Å². The lowest BCUT2D eigenvalue weighted by atomic mass is 9.77. The first-order valence-electron chi connectivity index (χ1n) is 6.82. The molecule has 5 nitrogen and oxygen atoms in total. The van der Waals surface area contributed by atoms with E-state index in [1.54, 1.807) is 0 Å². The fourth-order valence-corrected chi connectivity index (χ4v) is 2.51. The van der Waals surface area contributed by atoms with E-state index in [0.717, 1.165) is 19.3 Å². The lowest BCUT2D eigenvalue weighted by Gasteiger charge is -2.35. The average molecular weight is 271 g/mol. The van der Waals surface area contributed by atoms with E-state index in [1.165, 1.54) is 7.11 Å². The molecule has 0 radical (unpaired) electrons. The van der Waals surface area contributed by atoms with E-state index in [0.29, 0.717) is 0 Å². The summed E-state index contributed by atoms with van der Waals surface area (Å²) in [6.45, 7) is 7.46. The zero-order valence-electron chi connectivity index (χ0n) is 12.5. The van der Waals surface area contributed by atoms with Gasteiger partial charge in [0, 0.05) is 6.04 Å². The number of carbonyl (C=O) groups is 2. The Bertz CT molecular complexity index is 335. The largest absolute Gasteiger partial charge is 0.469 e. The first kappa shape index (κ1) is 15.8. The minimum Gasteiger partial charge on any atom is -0.469 e. The van der Waals surface area contributed by atoms with E-state index in [9.17, 15) is 9.59 Å². The van der Waals surface area contributed by atoms with Gasteiger partial charge in [-0.05, 0) is 39.5 Å². The molecule has 0 heterocycles. The minimum atomic E-state index is -0.510. The van der Waals surface area contributed by atoms with Crippen molar-refractivity contribution in [2.75, 3.05) is 7.11 Å². The summed E-state index contributed by atoms with van der Waals surface area (Å²) in [6, 6.07) is -0.0345. The van der Waals surface area contributed by atoms with Crippen LogP contribution in [-0.4, -0.2) is 30.8 Å². The highest BCUT2D eigenvalue weighted by Gasteiger charge is 2.36. The molecule has 1 rings (SSSR count). The highest BCUT2D eigenvalue weighted by molar-refractivity contribution is 5.73. The average Bonchev–Trinajstić information content (AvgIpc) is 2.28. The summed E-state index contributed by atoms with van der Waals surface area (Å²) in [6.07, 6.45) is 2.17. The van der Waals surface area contributed by atoms with Gasteiger partial charge in [0.15, 0.2) is 0 Å². The van der Waals surface area contributed by atoms with Crippen molar-refractivity contribution in [1.29, 1.82) is 0 Å². The molecule has 0 unspecified atom stereocenters. The number of ether oxygens (including phenoxy) is 2. The molecule has 0 saturated heterocycles. The van der Waals surface area contributed by atoms with Crippen LogP contribution in [0.2, 0.25) is 0 Å². The summed E-state index contributed by atoms with van der Waals surface area (Å²) >= 11 is 0. The summed E-state index contributed by atoms with van der Waals surface area (Å²) in [5.41, 5.74) is -0.510. The summed E-state index contributed by atoms with van der Waals surface area (Å²) in [5, 5.41) is 2.87. The molecule has 1 aliphatic rings. The maximum absolute atomic E-state index is 11.8. The van der Waals surface area contributed by atoms with E-state index in [2.05, 4.69) is 5.32 Å². The SMILES string of the molecule is COC(=O)[C@H]1CCC[C@@H](NC(=O)OC(C)(C)C)[C@H]1C. The second kappa shape index (κ2) is 6.26. The van der Waals surface area contributed by atoms with Gasteiger partial charge in [-0.2, -0.15) is 0 Å². The number of esters is 1. The van der Waals surface area contributed by atoms with Gasteiger partial charge in [0.25, 0.3) is 0 Å². The summed E-state index contributed by atoms with van der Waals surface area (Å²) in [7, 11) is 1.40. The predicted molar refractivity (Wildman–Crippen MR) is 71.7 cm³/mol. The minimum absolute atomic E-state index is 0.0345. The van der Waals surface area contributed by atoms with E-state index >= 15 is 0 Å². The first-order valence-corrected chi connectivity index (χ1v) is 6.82. The summed E-state index contributed by atoms with van der Waals surface area (Å²) in [4.78, 5) is 23.4. The number of rotatable bonds is 2. The Morgan fingerprint density at radius 2 is 1.84 bits per heavy atom. The molecule has 3 atom stereocenters. The van der Waals surface area contributed by atoms with Crippen LogP contribution in [0.4, 0.5) is 4.79 Å². The first-order chi connectivity index (χ1) is 8.74. The van der Waals surface area contributed by atoms with E-state index in [-0.39, 0.29) is 23.8 Å². The molecule has 1 N–H and O–H groups in total. The van der Waals surface area contributed by atoms with Gasteiger partial charge in [0.05, 0.1) is 13.0 Å². The van der Waals surface area contributed by atoms with Crippen molar-refractivity contribution < 1.29 is 19.1 Å². The molecule has 5 heteroatoms. The molecule has 1 aliphatic carbocycles. The molecule has 110 valence electrons. The lowest BCUT2D eigenvalue weighted by Crippen LogP contribution is -2.47. The fraction of sp³-hybridized carbons (Fsp3) is 0.857. The van der Waals surface area contributed by atoms with Crippen LogP contribution < -0.4 is 5.32 Å². The van der Waals surface area contributed by atoms with Crippen LogP contribution >= 0.6 is 0 Å². The Morgan fingerprint density at radius 3 is 2.37 bits per heavy atom. The van der Waals surface area contributed by atoms with Crippen molar-refractivity contribution in [2.45, 2.75) is 58.6 Å². The zero-order chi connectivity index (χ0) is 14.6. The smallest absolute Gasteiger partial charge is 0.407 e. The Kier molecular flexibility index (Phi) is 5.20. The van der Waals surface area contributed by atoms with Gasteiger partial charge in [-0.1, -0.05) is 13.3 Å². The van der Waals surface area contributed by atoms with Crippen LogP contribution in [0.25, 0.3) is 0 Å². The van der Waals surface area contributed by atoms with Gasteiger partial charge < -0.3 is 14.8 Å². The van der Waals surface area contributed by atoms with E-state index in [4.69, 9.17) is 9.47 Å². The predicted octanol–water partition coefficient (Wildman–Crippen LogP) is 2.49. The van der Waals surface area contributed by atoms with Crippen LogP contribution in [0.3, 0.4) is 0 Å². The Morgan fingerprint density at radius 1 is 1.21 bits per heavy atom. The Hall–Kier alpha value is -1.26. The molecule has 1 fully saturated rings. The third-order valence-corrected chi connectivity index (χ3v) is 3.51. The lowest BCUT2D eigenvalue weighted by molar-refractivity contribution is -0.148. The zero-order valence-corrected chi connectivity index (χ0v) is 12.5. The maximum Gasteiger partial charge on any atom is 0.407 e. The molecular formula is C14H25NO4. The maximum atomic E-state index is 11.8. The molecule has 0 aromatic rings. The normalized spacial score (nSPS) is 27.5. The molecule has 0 aromatic heterocycles. The van der Waals surface area contributed by atoms with Gasteiger partial charge in [-0.3, -0.25) is 4.79 Å². The van der Waals surface area contributed by atoms with Crippen molar-refractivity contribution >= 4 is 12.1 Å². The Labute approximate surface area is 115 Å². The molecule has 0 spiro atoms. The van der Waals surface area contributed by atoms with Gasteiger partial charge in [-0.25, -0.2) is 4.79 Å². The molecule has 0 aromatic carbocycles. The van der Waals surface area contributed by atoms with Crippen molar-refractivity contribution in [2.24, 2.45) is 11.8 Å². The molecule has 0 aliphatic heterocycles. The second-order valence-electron chi connectivity index (χ2n) is 6.17. The van der Waals surface area contributed by atoms with Crippen LogP contribution in [-0.2, 0) is 14.3 Å². The quantitative estimate of drug-likeness (QED) is 0.784. The van der Waals surface area contributed by atoms with Crippen molar-refractivity contribution in [3.05, 3.63) is 0 Å². The fourth-order valence-electron chi connectivity index (χ4n) is 2.51. The molecule has 1 amide bonds. The molecular weight excluding hydrogens is 246 g/mol. The van der Waals surface area contributed by atoms with Gasteiger partial charge in [-0.15, -0.1) is 0 Å². The van der Waals surface area contributed by atoms with Crippen LogP contribution in [0, 0.1) is 11.8 Å².